The van der Waals surface area contributed by atoms with E-state index >= 15 is 0 Å². The normalized spacial score (nSPS) is 17.8. The summed E-state index contributed by atoms with van der Waals surface area (Å²) in [5.74, 6) is 2.26. The maximum atomic E-state index is 12.3. The molecular formula is C17H21N3O3S. The molecule has 1 aromatic heterocycles. The first-order valence-electron chi connectivity index (χ1n) is 8.04. The van der Waals surface area contributed by atoms with Gasteiger partial charge in [0.15, 0.2) is 0 Å². The highest BCUT2D eigenvalue weighted by Crippen LogP contribution is 2.25. The number of benzene rings is 1. The summed E-state index contributed by atoms with van der Waals surface area (Å²) in [4.78, 5) is 14.2. The highest BCUT2D eigenvalue weighted by atomic mass is 32.2. The summed E-state index contributed by atoms with van der Waals surface area (Å²) in [5.41, 5.74) is 0.825. The topological polar surface area (TPSA) is 68.5 Å². The molecule has 1 aromatic carbocycles. The number of likely N-dealkylation sites (tertiary alicyclic amines) is 1. The van der Waals surface area contributed by atoms with Crippen molar-refractivity contribution in [3.63, 3.8) is 0 Å². The van der Waals surface area contributed by atoms with Crippen LogP contribution in [0.3, 0.4) is 0 Å². The molecule has 1 fully saturated rings. The molecule has 0 saturated carbocycles. The largest absolute Gasteiger partial charge is 0.497 e. The third kappa shape index (κ3) is 4.08. The van der Waals surface area contributed by atoms with E-state index in [1.54, 1.807) is 7.11 Å². The quantitative estimate of drug-likeness (QED) is 0.774. The van der Waals surface area contributed by atoms with Crippen LogP contribution in [-0.2, 0) is 4.79 Å². The number of nitrogens with zero attached hydrogens (tertiary/aromatic N) is 3. The molecule has 0 bridgehead atoms. The summed E-state index contributed by atoms with van der Waals surface area (Å²) >= 11 is 1.29. The van der Waals surface area contributed by atoms with Crippen molar-refractivity contribution in [1.82, 2.24) is 15.1 Å². The van der Waals surface area contributed by atoms with E-state index in [-0.39, 0.29) is 5.91 Å². The van der Waals surface area contributed by atoms with Gasteiger partial charge in [-0.1, -0.05) is 18.7 Å². The minimum atomic E-state index is 0.135. The summed E-state index contributed by atoms with van der Waals surface area (Å²) in [7, 11) is 1.62. The molecule has 1 aliphatic heterocycles. The minimum Gasteiger partial charge on any atom is -0.497 e. The lowest BCUT2D eigenvalue weighted by Gasteiger charge is -2.30. The van der Waals surface area contributed by atoms with E-state index in [1.807, 2.05) is 29.2 Å². The Morgan fingerprint density at radius 3 is 2.88 bits per heavy atom. The van der Waals surface area contributed by atoms with Crippen molar-refractivity contribution in [2.24, 2.45) is 5.92 Å². The first kappa shape index (κ1) is 16.8. The lowest BCUT2D eigenvalue weighted by atomic mass is 10.0. The van der Waals surface area contributed by atoms with Gasteiger partial charge in [0.1, 0.15) is 5.75 Å². The fourth-order valence-electron chi connectivity index (χ4n) is 2.75. The van der Waals surface area contributed by atoms with Crippen LogP contribution in [0.2, 0.25) is 0 Å². The average Bonchev–Trinajstić information content (AvgIpc) is 3.09. The smallest absolute Gasteiger partial charge is 0.277 e. The van der Waals surface area contributed by atoms with Crippen LogP contribution in [0.25, 0.3) is 11.5 Å². The number of methoxy groups -OCH3 is 1. The number of aromatic nitrogens is 2. The molecule has 0 spiro atoms. The van der Waals surface area contributed by atoms with Gasteiger partial charge in [-0.3, -0.25) is 4.79 Å². The van der Waals surface area contributed by atoms with Crippen LogP contribution in [0.15, 0.2) is 33.9 Å². The van der Waals surface area contributed by atoms with Gasteiger partial charge in [-0.2, -0.15) is 0 Å². The molecule has 0 N–H and O–H groups in total. The summed E-state index contributed by atoms with van der Waals surface area (Å²) in [6.45, 7) is 3.89. The highest BCUT2D eigenvalue weighted by molar-refractivity contribution is 7.99. The number of hydrogen-bond acceptors (Lipinski definition) is 6. The second-order valence-electron chi connectivity index (χ2n) is 5.98. The number of amides is 1. The lowest BCUT2D eigenvalue weighted by Crippen LogP contribution is -2.40. The van der Waals surface area contributed by atoms with Gasteiger partial charge in [-0.25, -0.2) is 0 Å². The molecular weight excluding hydrogens is 326 g/mol. The second-order valence-corrected chi connectivity index (χ2v) is 6.90. The lowest BCUT2D eigenvalue weighted by molar-refractivity contribution is -0.130. The number of ether oxygens (including phenoxy) is 1. The predicted molar refractivity (Wildman–Crippen MR) is 92.0 cm³/mol. The number of piperidine rings is 1. The van der Waals surface area contributed by atoms with Gasteiger partial charge >= 0.3 is 0 Å². The SMILES string of the molecule is COc1ccc(-c2nnc(SCC(=O)N3CCC[C@H](C)C3)o2)cc1. The van der Waals surface area contributed by atoms with E-state index < -0.39 is 0 Å². The van der Waals surface area contributed by atoms with Crippen LogP contribution < -0.4 is 4.74 Å². The summed E-state index contributed by atoms with van der Waals surface area (Å²) in [6.07, 6.45) is 2.28. The Kier molecular flexibility index (Phi) is 5.40. The standard InChI is InChI=1S/C17H21N3O3S/c1-12-4-3-9-20(10-12)15(21)11-24-17-19-18-16(23-17)13-5-7-14(22-2)8-6-13/h5-8,12H,3-4,9-11H2,1-2H3/t12-/m0/s1. The Hall–Kier alpha value is -2.02. The van der Waals surface area contributed by atoms with E-state index in [4.69, 9.17) is 9.15 Å². The Balaban J connectivity index is 1.56. The minimum absolute atomic E-state index is 0.135. The third-order valence-electron chi connectivity index (χ3n) is 4.07. The monoisotopic (exact) mass is 347 g/mol. The Bertz CT molecular complexity index is 687. The van der Waals surface area contributed by atoms with Crippen molar-refractivity contribution in [2.75, 3.05) is 26.0 Å². The summed E-state index contributed by atoms with van der Waals surface area (Å²) in [5, 5.41) is 8.47. The van der Waals surface area contributed by atoms with Crippen LogP contribution in [0.1, 0.15) is 19.8 Å². The van der Waals surface area contributed by atoms with Gasteiger partial charge in [0.2, 0.25) is 11.8 Å². The Labute approximate surface area is 145 Å². The van der Waals surface area contributed by atoms with E-state index in [0.717, 1.165) is 30.8 Å². The first-order valence-corrected chi connectivity index (χ1v) is 9.03. The van der Waals surface area contributed by atoms with E-state index in [9.17, 15) is 4.79 Å². The molecule has 0 aliphatic carbocycles. The van der Waals surface area contributed by atoms with Gasteiger partial charge in [0.05, 0.1) is 12.9 Å². The van der Waals surface area contributed by atoms with Crippen molar-refractivity contribution in [1.29, 1.82) is 0 Å². The summed E-state index contributed by atoms with van der Waals surface area (Å²) in [6, 6.07) is 7.41. The molecule has 2 heterocycles. The van der Waals surface area contributed by atoms with Crippen LogP contribution >= 0.6 is 11.8 Å². The number of carbonyl (C=O) groups is 1. The zero-order valence-electron chi connectivity index (χ0n) is 13.9. The predicted octanol–water partition coefficient (Wildman–Crippen LogP) is 3.10. The van der Waals surface area contributed by atoms with Gasteiger partial charge in [-0.15, -0.1) is 10.2 Å². The molecule has 24 heavy (non-hydrogen) atoms. The van der Waals surface area contributed by atoms with Gasteiger partial charge in [0.25, 0.3) is 5.22 Å². The number of rotatable bonds is 5. The zero-order chi connectivity index (χ0) is 16.9. The number of hydrogen-bond donors (Lipinski definition) is 0. The molecule has 2 aromatic rings. The van der Waals surface area contributed by atoms with Gasteiger partial charge in [0, 0.05) is 18.7 Å². The molecule has 1 aliphatic rings. The van der Waals surface area contributed by atoms with Crippen LogP contribution in [0, 0.1) is 5.92 Å². The Morgan fingerprint density at radius 1 is 1.38 bits per heavy atom. The van der Waals surface area contributed by atoms with E-state index in [2.05, 4.69) is 17.1 Å². The van der Waals surface area contributed by atoms with Crippen molar-refractivity contribution in [3.8, 4) is 17.2 Å². The molecule has 6 nitrogen and oxygen atoms in total. The van der Waals surface area contributed by atoms with Crippen molar-refractivity contribution in [2.45, 2.75) is 25.0 Å². The maximum Gasteiger partial charge on any atom is 0.277 e. The number of carbonyl (C=O) groups excluding carboxylic acids is 1. The fourth-order valence-corrected chi connectivity index (χ4v) is 3.41. The van der Waals surface area contributed by atoms with Gasteiger partial charge < -0.3 is 14.1 Å². The fraction of sp³-hybridized carbons (Fsp3) is 0.471. The summed E-state index contributed by atoms with van der Waals surface area (Å²) < 4.78 is 10.8. The van der Waals surface area contributed by atoms with Crippen LogP contribution in [-0.4, -0.2) is 47.0 Å². The average molecular weight is 347 g/mol. The number of thioether (sulfide) groups is 1. The molecule has 1 saturated heterocycles. The molecule has 7 heteroatoms. The first-order chi connectivity index (χ1) is 11.7. The molecule has 1 atom stereocenters. The molecule has 1 amide bonds. The van der Waals surface area contributed by atoms with E-state index in [0.29, 0.717) is 22.8 Å². The Morgan fingerprint density at radius 2 is 2.17 bits per heavy atom. The second kappa shape index (κ2) is 7.70. The van der Waals surface area contributed by atoms with Crippen LogP contribution in [0.5, 0.6) is 5.75 Å². The van der Waals surface area contributed by atoms with Crippen LogP contribution in [0.4, 0.5) is 0 Å². The third-order valence-corrected chi connectivity index (χ3v) is 4.88. The van der Waals surface area contributed by atoms with E-state index in [1.165, 1.54) is 18.2 Å². The maximum absolute atomic E-state index is 12.3. The molecule has 0 unspecified atom stereocenters. The van der Waals surface area contributed by atoms with Crippen molar-refractivity contribution in [3.05, 3.63) is 24.3 Å². The van der Waals surface area contributed by atoms with Crippen molar-refractivity contribution < 1.29 is 13.9 Å². The molecule has 0 radical (unpaired) electrons. The van der Waals surface area contributed by atoms with Crippen molar-refractivity contribution >= 4 is 17.7 Å². The molecule has 3 rings (SSSR count). The zero-order valence-corrected chi connectivity index (χ0v) is 14.7. The highest BCUT2D eigenvalue weighted by Gasteiger charge is 2.21. The molecule has 128 valence electrons. The van der Waals surface area contributed by atoms with Gasteiger partial charge in [-0.05, 0) is 43.0 Å².